The van der Waals surface area contributed by atoms with Gasteiger partial charge in [0.1, 0.15) is 10.8 Å². The predicted molar refractivity (Wildman–Crippen MR) is 111 cm³/mol. The molecule has 29 heavy (non-hydrogen) atoms. The number of sulfonamides is 1. The fourth-order valence-electron chi connectivity index (χ4n) is 2.26. The number of carbonyl (C=O) groups excluding carboxylic acids is 1. The third-order valence-electron chi connectivity index (χ3n) is 3.72. The van der Waals surface area contributed by atoms with Gasteiger partial charge in [0.15, 0.2) is 0 Å². The lowest BCUT2D eigenvalue weighted by Crippen LogP contribution is -2.13. The van der Waals surface area contributed by atoms with E-state index in [0.717, 1.165) is 5.01 Å². The van der Waals surface area contributed by atoms with Gasteiger partial charge in [-0.15, -0.1) is 10.2 Å². The molecular weight excluding hydrogens is 415 g/mol. The molecule has 0 fully saturated rings. The van der Waals surface area contributed by atoms with Gasteiger partial charge in [-0.1, -0.05) is 30.4 Å². The summed E-state index contributed by atoms with van der Waals surface area (Å²) in [6.45, 7) is 1.90. The number of halogens is 1. The first kappa shape index (κ1) is 20.6. The second-order valence-electron chi connectivity index (χ2n) is 5.86. The SMILES string of the molecule is CCc1nnc(NS(=O)(=O)c2ccc(NC(=O)/C=C\c3ccc(F)cc3)cc2)s1. The summed E-state index contributed by atoms with van der Waals surface area (Å²) in [5.41, 5.74) is 1.11. The number of aromatic nitrogens is 2. The van der Waals surface area contributed by atoms with Crippen LogP contribution in [0.3, 0.4) is 0 Å². The topological polar surface area (TPSA) is 101 Å². The largest absolute Gasteiger partial charge is 0.323 e. The van der Waals surface area contributed by atoms with E-state index in [1.54, 1.807) is 18.2 Å². The molecule has 1 amide bonds. The van der Waals surface area contributed by atoms with E-state index in [4.69, 9.17) is 0 Å². The Bertz CT molecular complexity index is 1130. The standard InChI is InChI=1S/C19H17FN4O3S2/c1-2-18-22-23-19(28-18)24-29(26,27)16-10-8-15(9-11-16)21-17(25)12-5-13-3-6-14(20)7-4-13/h3-12H,2H2,1H3,(H,21,25)(H,23,24)/b12-5-. The molecule has 2 N–H and O–H groups in total. The first-order valence-electron chi connectivity index (χ1n) is 8.55. The summed E-state index contributed by atoms with van der Waals surface area (Å²) in [5, 5.41) is 11.2. The molecule has 10 heteroatoms. The number of anilines is 2. The van der Waals surface area contributed by atoms with Crippen molar-refractivity contribution >= 4 is 44.2 Å². The molecule has 7 nitrogen and oxygen atoms in total. The van der Waals surface area contributed by atoms with Gasteiger partial charge >= 0.3 is 0 Å². The lowest BCUT2D eigenvalue weighted by molar-refractivity contribution is -0.111. The van der Waals surface area contributed by atoms with Crippen LogP contribution in [0.25, 0.3) is 6.08 Å². The lowest BCUT2D eigenvalue weighted by atomic mass is 10.2. The molecule has 0 unspecified atom stereocenters. The first-order valence-corrected chi connectivity index (χ1v) is 10.9. The van der Waals surface area contributed by atoms with Crippen molar-refractivity contribution in [1.82, 2.24) is 10.2 Å². The van der Waals surface area contributed by atoms with Gasteiger partial charge in [0, 0.05) is 11.8 Å². The maximum Gasteiger partial charge on any atom is 0.263 e. The number of hydrogen-bond acceptors (Lipinski definition) is 6. The normalized spacial score (nSPS) is 11.5. The molecule has 0 saturated heterocycles. The molecular formula is C19H17FN4O3S2. The van der Waals surface area contributed by atoms with Gasteiger partial charge < -0.3 is 5.32 Å². The first-order chi connectivity index (χ1) is 13.9. The monoisotopic (exact) mass is 432 g/mol. The zero-order chi connectivity index (χ0) is 20.9. The second-order valence-corrected chi connectivity index (χ2v) is 8.60. The summed E-state index contributed by atoms with van der Waals surface area (Å²) in [5.74, 6) is -0.753. The fourth-order valence-corrected chi connectivity index (χ4v) is 4.17. The maximum atomic E-state index is 12.9. The van der Waals surface area contributed by atoms with Crippen LogP contribution in [-0.2, 0) is 21.2 Å². The molecule has 3 aromatic rings. The smallest absolute Gasteiger partial charge is 0.263 e. The molecule has 0 bridgehead atoms. The summed E-state index contributed by atoms with van der Waals surface area (Å²) >= 11 is 1.17. The lowest BCUT2D eigenvalue weighted by Gasteiger charge is -2.06. The van der Waals surface area contributed by atoms with Crippen molar-refractivity contribution in [3.05, 3.63) is 71.0 Å². The Balaban J connectivity index is 1.63. The number of nitrogens with zero attached hydrogens (tertiary/aromatic N) is 2. The average molecular weight is 433 g/mol. The molecule has 150 valence electrons. The van der Waals surface area contributed by atoms with E-state index in [-0.39, 0.29) is 15.8 Å². The summed E-state index contributed by atoms with van der Waals surface area (Å²) in [7, 11) is -3.80. The fraction of sp³-hybridized carbons (Fsp3) is 0.105. The molecule has 3 rings (SSSR count). The molecule has 0 saturated carbocycles. The van der Waals surface area contributed by atoms with Crippen molar-refractivity contribution in [2.75, 3.05) is 10.0 Å². The Morgan fingerprint density at radius 2 is 1.79 bits per heavy atom. The zero-order valence-corrected chi connectivity index (χ0v) is 16.9. The molecule has 2 aromatic carbocycles. The number of benzene rings is 2. The third-order valence-corrected chi connectivity index (χ3v) is 6.19. The Morgan fingerprint density at radius 1 is 1.10 bits per heavy atom. The van der Waals surface area contributed by atoms with Crippen LogP contribution in [0.5, 0.6) is 0 Å². The molecule has 0 aliphatic carbocycles. The van der Waals surface area contributed by atoms with Crippen LogP contribution in [-0.4, -0.2) is 24.5 Å². The molecule has 1 heterocycles. The van der Waals surface area contributed by atoms with Crippen molar-refractivity contribution in [3.63, 3.8) is 0 Å². The maximum absolute atomic E-state index is 12.9. The summed E-state index contributed by atoms with van der Waals surface area (Å²) in [6, 6.07) is 11.4. The van der Waals surface area contributed by atoms with Crippen molar-refractivity contribution in [2.45, 2.75) is 18.2 Å². The van der Waals surface area contributed by atoms with Crippen LogP contribution in [0.2, 0.25) is 0 Å². The van der Waals surface area contributed by atoms with Gasteiger partial charge in [0.2, 0.25) is 11.0 Å². The Kier molecular flexibility index (Phi) is 6.35. The van der Waals surface area contributed by atoms with Gasteiger partial charge in [-0.2, -0.15) is 0 Å². The molecule has 0 radical (unpaired) electrons. The van der Waals surface area contributed by atoms with E-state index < -0.39 is 15.9 Å². The van der Waals surface area contributed by atoms with Crippen LogP contribution >= 0.6 is 11.3 Å². The Hall–Kier alpha value is -3.11. The van der Waals surface area contributed by atoms with Gasteiger partial charge in [0.25, 0.3) is 10.0 Å². The van der Waals surface area contributed by atoms with Crippen LogP contribution in [0.4, 0.5) is 15.2 Å². The minimum atomic E-state index is -3.80. The molecule has 0 aliphatic heterocycles. The number of amides is 1. The van der Waals surface area contributed by atoms with E-state index in [9.17, 15) is 17.6 Å². The minimum Gasteiger partial charge on any atom is -0.323 e. The Labute approximate surface area is 171 Å². The van der Waals surface area contributed by atoms with Gasteiger partial charge in [-0.25, -0.2) is 12.8 Å². The third kappa shape index (κ3) is 5.69. The quantitative estimate of drug-likeness (QED) is 0.555. The number of hydrogen-bond donors (Lipinski definition) is 2. The summed E-state index contributed by atoms with van der Waals surface area (Å²) < 4.78 is 40.1. The van der Waals surface area contributed by atoms with Gasteiger partial charge in [-0.05, 0) is 54.5 Å². The van der Waals surface area contributed by atoms with Gasteiger partial charge in [-0.3, -0.25) is 9.52 Å². The molecule has 1 aromatic heterocycles. The number of aryl methyl sites for hydroxylation is 1. The van der Waals surface area contributed by atoms with Crippen molar-refractivity contribution in [1.29, 1.82) is 0 Å². The second kappa shape index (κ2) is 8.93. The minimum absolute atomic E-state index is 0.0330. The van der Waals surface area contributed by atoms with E-state index in [0.29, 0.717) is 17.7 Å². The predicted octanol–water partition coefficient (Wildman–Crippen LogP) is 3.69. The summed E-state index contributed by atoms with van der Waals surface area (Å²) in [6.07, 6.45) is 3.52. The Morgan fingerprint density at radius 3 is 2.41 bits per heavy atom. The van der Waals surface area contributed by atoms with Crippen LogP contribution < -0.4 is 10.0 Å². The van der Waals surface area contributed by atoms with Crippen molar-refractivity contribution in [3.8, 4) is 0 Å². The average Bonchev–Trinajstić information content (AvgIpc) is 3.15. The van der Waals surface area contributed by atoms with E-state index in [1.165, 1.54) is 53.8 Å². The highest BCUT2D eigenvalue weighted by molar-refractivity contribution is 7.93. The van der Waals surface area contributed by atoms with E-state index >= 15 is 0 Å². The number of carbonyl (C=O) groups is 1. The van der Waals surface area contributed by atoms with Crippen LogP contribution in [0.15, 0.2) is 59.5 Å². The van der Waals surface area contributed by atoms with Crippen LogP contribution in [0, 0.1) is 5.82 Å². The highest BCUT2D eigenvalue weighted by atomic mass is 32.2. The zero-order valence-electron chi connectivity index (χ0n) is 15.3. The van der Waals surface area contributed by atoms with E-state index in [1.807, 2.05) is 6.92 Å². The highest BCUT2D eigenvalue weighted by Gasteiger charge is 2.16. The number of nitrogens with one attached hydrogen (secondary N) is 2. The van der Waals surface area contributed by atoms with Crippen molar-refractivity contribution in [2.24, 2.45) is 0 Å². The molecule has 0 spiro atoms. The molecule has 0 aliphatic rings. The number of rotatable bonds is 7. The van der Waals surface area contributed by atoms with Gasteiger partial charge in [0.05, 0.1) is 4.90 Å². The van der Waals surface area contributed by atoms with E-state index in [2.05, 4.69) is 20.2 Å². The molecule has 0 atom stereocenters. The van der Waals surface area contributed by atoms with Crippen LogP contribution in [0.1, 0.15) is 17.5 Å². The van der Waals surface area contributed by atoms with Crippen molar-refractivity contribution < 1.29 is 17.6 Å². The summed E-state index contributed by atoms with van der Waals surface area (Å²) in [4.78, 5) is 12.0. The highest BCUT2D eigenvalue weighted by Crippen LogP contribution is 2.21.